The number of Topliss-reactive ketones (excluding diaryl/α,β-unsaturated/α-hetero) is 1. The molecule has 0 amide bonds. The molecule has 2 N–H and O–H groups in total. The minimum absolute atomic E-state index is 0.161. The molecular weight excluding hydrogens is 418 g/mol. The molecule has 2 aliphatic rings. The van der Waals surface area contributed by atoms with Crippen LogP contribution in [-0.4, -0.2) is 43.5 Å². The summed E-state index contributed by atoms with van der Waals surface area (Å²) in [5.74, 6) is -0.00709. The van der Waals surface area contributed by atoms with Crippen LogP contribution in [0.15, 0.2) is 29.1 Å². The second-order valence-electron chi connectivity index (χ2n) is 9.58. The summed E-state index contributed by atoms with van der Waals surface area (Å²) in [6.45, 7) is 6.93. The maximum atomic E-state index is 13.4. The van der Waals surface area contributed by atoms with E-state index in [9.17, 15) is 19.8 Å². The topological polar surface area (TPSA) is 95.7 Å². The molecule has 5 rings (SSSR count). The minimum atomic E-state index is -1.62. The number of aromatic hydroxyl groups is 1. The van der Waals surface area contributed by atoms with Gasteiger partial charge in [0.15, 0.2) is 5.78 Å². The number of ketones is 1. The number of phenolic OH excluding ortho intramolecular Hbond substituents is 1. The van der Waals surface area contributed by atoms with E-state index in [1.54, 1.807) is 29.7 Å². The van der Waals surface area contributed by atoms with Gasteiger partial charge in [-0.05, 0) is 58.0 Å². The molecule has 1 unspecified atom stereocenters. The summed E-state index contributed by atoms with van der Waals surface area (Å²) >= 11 is 0. The number of pyridine rings is 2. The van der Waals surface area contributed by atoms with E-state index in [1.165, 1.54) is 0 Å². The third kappa shape index (κ3) is 3.14. The van der Waals surface area contributed by atoms with Gasteiger partial charge in [-0.15, -0.1) is 0 Å². The molecule has 0 radical (unpaired) electrons. The number of nitrogens with zero attached hydrogens (tertiary/aromatic N) is 3. The summed E-state index contributed by atoms with van der Waals surface area (Å²) in [7, 11) is 2.01. The summed E-state index contributed by atoms with van der Waals surface area (Å²) in [6.07, 6.45) is 0.750. The third-order valence-corrected chi connectivity index (χ3v) is 7.45. The Kier molecular flexibility index (Phi) is 4.95. The summed E-state index contributed by atoms with van der Waals surface area (Å²) < 4.78 is 1.70. The van der Waals surface area contributed by atoms with Gasteiger partial charge in [-0.3, -0.25) is 14.5 Å². The van der Waals surface area contributed by atoms with Crippen LogP contribution in [0, 0.1) is 0 Å². The molecule has 7 nitrogen and oxygen atoms in total. The first kappa shape index (κ1) is 21.8. The number of benzene rings is 1. The molecule has 33 heavy (non-hydrogen) atoms. The number of rotatable bonds is 4. The van der Waals surface area contributed by atoms with Gasteiger partial charge in [0.25, 0.3) is 5.56 Å². The normalized spacial score (nSPS) is 19.3. The lowest BCUT2D eigenvalue weighted by Crippen LogP contribution is -2.43. The minimum Gasteiger partial charge on any atom is -0.508 e. The molecule has 1 atom stereocenters. The fourth-order valence-corrected chi connectivity index (χ4v) is 5.08. The van der Waals surface area contributed by atoms with Gasteiger partial charge in [0.2, 0.25) is 0 Å². The number of carbonyl (C=O) groups excluding carboxylic acids is 1. The van der Waals surface area contributed by atoms with Crippen LogP contribution in [0.3, 0.4) is 0 Å². The Morgan fingerprint density at radius 2 is 1.97 bits per heavy atom. The second-order valence-corrected chi connectivity index (χ2v) is 9.58. The highest BCUT2D eigenvalue weighted by Gasteiger charge is 2.43. The number of aliphatic hydroxyl groups is 1. The van der Waals surface area contributed by atoms with Gasteiger partial charge < -0.3 is 14.8 Å². The smallest absolute Gasteiger partial charge is 0.254 e. The van der Waals surface area contributed by atoms with Crippen LogP contribution in [0.1, 0.15) is 55.9 Å². The Morgan fingerprint density at radius 3 is 2.67 bits per heavy atom. The Hall–Kier alpha value is -3.03. The second kappa shape index (κ2) is 7.50. The van der Waals surface area contributed by atoms with Gasteiger partial charge in [-0.2, -0.15) is 0 Å². The van der Waals surface area contributed by atoms with E-state index in [0.717, 1.165) is 22.0 Å². The zero-order chi connectivity index (χ0) is 23.7. The highest BCUT2D eigenvalue weighted by molar-refractivity contribution is 5.92. The van der Waals surface area contributed by atoms with Crippen molar-refractivity contribution in [1.82, 2.24) is 14.5 Å². The van der Waals surface area contributed by atoms with Crippen molar-refractivity contribution in [2.75, 3.05) is 7.05 Å². The predicted octanol–water partition coefficient (Wildman–Crippen LogP) is 3.08. The molecule has 2 aromatic heterocycles. The number of phenols is 1. The van der Waals surface area contributed by atoms with Crippen molar-refractivity contribution < 1.29 is 15.0 Å². The zero-order valence-corrected chi connectivity index (χ0v) is 19.5. The van der Waals surface area contributed by atoms with Crippen molar-refractivity contribution in [3.8, 4) is 17.1 Å². The van der Waals surface area contributed by atoms with Crippen LogP contribution in [-0.2, 0) is 29.9 Å². The highest BCUT2D eigenvalue weighted by atomic mass is 16.3. The number of aromatic nitrogens is 2. The highest BCUT2D eigenvalue weighted by Crippen LogP contribution is 2.40. The molecule has 172 valence electrons. The molecule has 0 fully saturated rings. The largest absolute Gasteiger partial charge is 0.508 e. The fourth-order valence-electron chi connectivity index (χ4n) is 5.08. The standard InChI is InChI=1S/C26H29N3O4/c1-5-26(33)19-11-21-24-15(12-29(21)25(32)16(19)6-9-23(26)31)10-17-18(13-28(4)14(2)3)22(30)8-7-20(17)27-24/h7-8,10-11,14,30,33H,5-6,9,12-13H2,1-4H3. The van der Waals surface area contributed by atoms with Gasteiger partial charge in [-0.1, -0.05) is 6.92 Å². The van der Waals surface area contributed by atoms with E-state index in [-0.39, 0.29) is 29.9 Å². The first-order valence-corrected chi connectivity index (χ1v) is 11.5. The van der Waals surface area contributed by atoms with Crippen LogP contribution < -0.4 is 5.56 Å². The summed E-state index contributed by atoms with van der Waals surface area (Å²) in [5, 5.41) is 22.6. The van der Waals surface area contributed by atoms with Crippen LogP contribution in [0.4, 0.5) is 0 Å². The van der Waals surface area contributed by atoms with Gasteiger partial charge in [0, 0.05) is 46.6 Å². The molecule has 0 bridgehead atoms. The number of fused-ring (bicyclic) bond motifs is 5. The Bertz CT molecular complexity index is 1370. The quantitative estimate of drug-likeness (QED) is 0.499. The van der Waals surface area contributed by atoms with E-state index in [1.807, 2.05) is 13.1 Å². The molecule has 3 heterocycles. The van der Waals surface area contributed by atoms with Gasteiger partial charge >= 0.3 is 0 Å². The zero-order valence-electron chi connectivity index (χ0n) is 19.5. The molecule has 3 aromatic rings. The Balaban J connectivity index is 1.70. The maximum absolute atomic E-state index is 13.4. The average Bonchev–Trinajstić information content (AvgIpc) is 3.15. The molecule has 0 saturated carbocycles. The lowest BCUT2D eigenvalue weighted by molar-refractivity contribution is -0.140. The van der Waals surface area contributed by atoms with E-state index in [0.29, 0.717) is 48.1 Å². The molecule has 1 aromatic carbocycles. The van der Waals surface area contributed by atoms with E-state index >= 15 is 0 Å². The van der Waals surface area contributed by atoms with Crippen molar-refractivity contribution >= 4 is 16.7 Å². The molecule has 0 spiro atoms. The fraction of sp³-hybridized carbons (Fsp3) is 0.423. The van der Waals surface area contributed by atoms with Crippen molar-refractivity contribution in [2.24, 2.45) is 0 Å². The number of hydrogen-bond donors (Lipinski definition) is 2. The molecule has 7 heteroatoms. The van der Waals surface area contributed by atoms with Crippen LogP contribution in [0.25, 0.3) is 22.3 Å². The summed E-state index contributed by atoms with van der Waals surface area (Å²) in [5.41, 5.74) is 2.93. The summed E-state index contributed by atoms with van der Waals surface area (Å²) in [4.78, 5) is 33.0. The maximum Gasteiger partial charge on any atom is 0.254 e. The SMILES string of the molecule is CCC1(O)C(=O)CCc2c1cc1n(c2=O)Cc2cc3c(CN(C)C(C)C)c(O)ccc3nc2-1. The van der Waals surface area contributed by atoms with Gasteiger partial charge in [-0.25, -0.2) is 4.98 Å². The number of carbonyl (C=O) groups is 1. The predicted molar refractivity (Wildman–Crippen MR) is 126 cm³/mol. The average molecular weight is 448 g/mol. The Labute approximate surface area is 192 Å². The van der Waals surface area contributed by atoms with E-state index in [4.69, 9.17) is 4.98 Å². The lowest BCUT2D eigenvalue weighted by Gasteiger charge is -2.32. The van der Waals surface area contributed by atoms with Crippen LogP contribution >= 0.6 is 0 Å². The van der Waals surface area contributed by atoms with Crippen LogP contribution in [0.2, 0.25) is 0 Å². The third-order valence-electron chi connectivity index (χ3n) is 7.45. The summed E-state index contributed by atoms with van der Waals surface area (Å²) in [6, 6.07) is 7.57. The van der Waals surface area contributed by atoms with E-state index in [2.05, 4.69) is 18.7 Å². The van der Waals surface area contributed by atoms with Crippen molar-refractivity contribution in [3.05, 3.63) is 56.9 Å². The monoisotopic (exact) mass is 447 g/mol. The lowest BCUT2D eigenvalue weighted by atomic mass is 9.77. The molecular formula is C26H29N3O4. The number of hydrogen-bond acceptors (Lipinski definition) is 6. The first-order chi connectivity index (χ1) is 15.7. The van der Waals surface area contributed by atoms with Gasteiger partial charge in [0.05, 0.1) is 23.4 Å². The van der Waals surface area contributed by atoms with Crippen molar-refractivity contribution in [1.29, 1.82) is 0 Å². The van der Waals surface area contributed by atoms with Crippen molar-refractivity contribution in [3.63, 3.8) is 0 Å². The van der Waals surface area contributed by atoms with Crippen LogP contribution in [0.5, 0.6) is 5.75 Å². The van der Waals surface area contributed by atoms with Crippen molar-refractivity contribution in [2.45, 2.75) is 64.8 Å². The molecule has 0 saturated heterocycles. The van der Waals surface area contributed by atoms with E-state index < -0.39 is 5.60 Å². The Morgan fingerprint density at radius 1 is 1.21 bits per heavy atom. The first-order valence-electron chi connectivity index (χ1n) is 11.5. The molecule has 1 aliphatic carbocycles. The molecule has 1 aliphatic heterocycles. The van der Waals surface area contributed by atoms with Gasteiger partial charge in [0.1, 0.15) is 11.4 Å².